The van der Waals surface area contributed by atoms with Crippen LogP contribution < -0.4 is 0 Å². The van der Waals surface area contributed by atoms with Crippen LogP contribution in [0.25, 0.3) is 0 Å². The Balaban J connectivity index is 4.68. The maximum Gasteiger partial charge on any atom is 0.333 e. The van der Waals surface area contributed by atoms with Crippen molar-refractivity contribution in [2.24, 2.45) is 0 Å². The van der Waals surface area contributed by atoms with Gasteiger partial charge < -0.3 is 25.2 Å². The number of carbonyl (C=O) groups excluding carboxylic acids is 1. The van der Waals surface area contributed by atoms with Crippen LogP contribution in [-0.4, -0.2) is 106 Å². The molecule has 0 spiro atoms. The van der Waals surface area contributed by atoms with E-state index >= 15 is 0 Å². The number of aliphatic carboxylic acids is 3. The summed E-state index contributed by atoms with van der Waals surface area (Å²) in [5, 5.41) is 36.4. The molecule has 0 aromatic heterocycles. The number of rotatable bonds is 14. The van der Waals surface area contributed by atoms with E-state index in [1.165, 1.54) is 11.8 Å². The van der Waals surface area contributed by atoms with E-state index in [4.69, 9.17) is 20.1 Å². The molecule has 11 heteroatoms. The van der Waals surface area contributed by atoms with Gasteiger partial charge in [0.25, 0.3) is 0 Å². The van der Waals surface area contributed by atoms with Crippen molar-refractivity contribution in [2.75, 3.05) is 45.9 Å². The summed E-state index contributed by atoms with van der Waals surface area (Å²) in [5.41, 5.74) is 0.151. The third-order valence-electron chi connectivity index (χ3n) is 3.03. The highest BCUT2D eigenvalue weighted by atomic mass is 16.5. The predicted molar refractivity (Wildman–Crippen MR) is 87.6 cm³/mol. The summed E-state index contributed by atoms with van der Waals surface area (Å²) in [6.07, 6.45) is -1.18. The molecule has 11 nitrogen and oxygen atoms in total. The Kier molecular flexibility index (Phi) is 10.8. The fourth-order valence-corrected chi connectivity index (χ4v) is 1.95. The molecule has 0 aromatic rings. The van der Waals surface area contributed by atoms with Gasteiger partial charge in [0.1, 0.15) is 12.7 Å². The first kappa shape index (κ1) is 23.5. The third kappa shape index (κ3) is 11.9. The molecular weight excluding hydrogens is 352 g/mol. The van der Waals surface area contributed by atoms with Crippen LogP contribution in [0, 0.1) is 0 Å². The third-order valence-corrected chi connectivity index (χ3v) is 3.03. The van der Waals surface area contributed by atoms with Crippen molar-refractivity contribution in [1.29, 1.82) is 0 Å². The van der Waals surface area contributed by atoms with Gasteiger partial charge in [-0.3, -0.25) is 24.2 Å². The minimum atomic E-state index is -1.22. The zero-order valence-corrected chi connectivity index (χ0v) is 14.5. The highest BCUT2D eigenvalue weighted by molar-refractivity contribution is 5.86. The van der Waals surface area contributed by atoms with Crippen LogP contribution in [0.2, 0.25) is 0 Å². The average molecular weight is 376 g/mol. The number of carbonyl (C=O) groups is 4. The van der Waals surface area contributed by atoms with Crippen LogP contribution in [-0.2, 0) is 23.9 Å². The number of esters is 1. The maximum absolute atomic E-state index is 11.3. The van der Waals surface area contributed by atoms with Crippen molar-refractivity contribution in [1.82, 2.24) is 9.80 Å². The second kappa shape index (κ2) is 12.0. The van der Waals surface area contributed by atoms with Crippen LogP contribution in [0.5, 0.6) is 0 Å². The molecule has 0 aromatic carbocycles. The second-order valence-electron chi connectivity index (χ2n) is 5.66. The molecule has 0 saturated heterocycles. The number of hydrogen-bond donors (Lipinski definition) is 4. The summed E-state index contributed by atoms with van der Waals surface area (Å²) in [4.78, 5) is 46.1. The van der Waals surface area contributed by atoms with Crippen molar-refractivity contribution in [3.63, 3.8) is 0 Å². The zero-order valence-electron chi connectivity index (χ0n) is 14.5. The van der Waals surface area contributed by atoms with Crippen molar-refractivity contribution in [2.45, 2.75) is 13.0 Å². The summed E-state index contributed by atoms with van der Waals surface area (Å²) in [7, 11) is 0. The van der Waals surface area contributed by atoms with Gasteiger partial charge in [0.2, 0.25) is 0 Å². The van der Waals surface area contributed by atoms with E-state index in [1.54, 1.807) is 0 Å². The highest BCUT2D eigenvalue weighted by Crippen LogP contribution is 1.99. The molecular formula is C15H24N2O9. The van der Waals surface area contributed by atoms with Gasteiger partial charge in [0.05, 0.1) is 19.6 Å². The van der Waals surface area contributed by atoms with Gasteiger partial charge in [-0.05, 0) is 6.92 Å². The molecule has 0 heterocycles. The Bertz CT molecular complexity index is 519. The first-order valence-electron chi connectivity index (χ1n) is 7.62. The fraction of sp³-hybridized carbons (Fsp3) is 0.600. The molecule has 0 radical (unpaired) electrons. The predicted octanol–water partition coefficient (Wildman–Crippen LogP) is -1.68. The molecule has 148 valence electrons. The monoisotopic (exact) mass is 376 g/mol. The number of aliphatic hydroxyl groups is 1. The van der Waals surface area contributed by atoms with Crippen LogP contribution >= 0.6 is 0 Å². The van der Waals surface area contributed by atoms with Gasteiger partial charge in [-0.25, -0.2) is 4.79 Å². The summed E-state index contributed by atoms with van der Waals surface area (Å²) >= 11 is 0. The summed E-state index contributed by atoms with van der Waals surface area (Å²) < 4.78 is 4.77. The van der Waals surface area contributed by atoms with Crippen LogP contribution in [0.15, 0.2) is 12.2 Å². The molecule has 26 heavy (non-hydrogen) atoms. The molecule has 0 aliphatic carbocycles. The number of hydrogen-bond acceptors (Lipinski definition) is 8. The van der Waals surface area contributed by atoms with Gasteiger partial charge in [-0.1, -0.05) is 6.58 Å². The maximum atomic E-state index is 11.3. The standard InChI is InChI=1S/C15H24N2O9/c1-10(2)15(25)26-9-11(18)5-16(6-12(19)20)3-4-17(7-13(21)22)8-14(23)24/h11,18H,1,3-9H2,2H3,(H,19,20)(H,21,22)(H,23,24). The van der Waals surface area contributed by atoms with E-state index in [0.29, 0.717) is 0 Å². The Morgan fingerprint density at radius 3 is 1.77 bits per heavy atom. The van der Waals surface area contributed by atoms with Crippen LogP contribution in [0.1, 0.15) is 6.92 Å². The number of carboxylic acids is 3. The van der Waals surface area contributed by atoms with Gasteiger partial charge in [0.15, 0.2) is 0 Å². The molecule has 4 N–H and O–H groups in total. The topological polar surface area (TPSA) is 165 Å². The largest absolute Gasteiger partial charge is 0.480 e. The average Bonchev–Trinajstić information content (AvgIpc) is 2.48. The first-order valence-corrected chi connectivity index (χ1v) is 7.62. The SMILES string of the molecule is C=C(C)C(=O)OCC(O)CN(CCN(CC(=O)O)CC(=O)O)CC(=O)O. The molecule has 1 unspecified atom stereocenters. The van der Waals surface area contributed by atoms with Crippen molar-refractivity contribution in [3.8, 4) is 0 Å². The van der Waals surface area contributed by atoms with Crippen molar-refractivity contribution < 1.29 is 44.3 Å². The Hall–Kier alpha value is -2.50. The lowest BCUT2D eigenvalue weighted by atomic mass is 10.3. The summed E-state index contributed by atoms with van der Waals surface area (Å²) in [6, 6.07) is 0. The van der Waals surface area contributed by atoms with Gasteiger partial charge in [-0.2, -0.15) is 0 Å². The smallest absolute Gasteiger partial charge is 0.333 e. The normalized spacial score (nSPS) is 12.0. The quantitative estimate of drug-likeness (QED) is 0.202. The lowest BCUT2D eigenvalue weighted by Crippen LogP contribution is -2.44. The highest BCUT2D eigenvalue weighted by Gasteiger charge is 2.19. The van der Waals surface area contributed by atoms with Gasteiger partial charge in [-0.15, -0.1) is 0 Å². The molecule has 1 atom stereocenters. The first-order chi connectivity index (χ1) is 12.0. The van der Waals surface area contributed by atoms with E-state index in [1.807, 2.05) is 0 Å². The molecule has 0 bridgehead atoms. The molecule has 0 aliphatic rings. The molecule has 0 aliphatic heterocycles. The molecule has 0 saturated carbocycles. The number of carboxylic acid groups (broad SMARTS) is 3. The number of ether oxygens (including phenoxy) is 1. The van der Waals surface area contributed by atoms with Gasteiger partial charge in [0, 0.05) is 25.2 Å². The van der Waals surface area contributed by atoms with E-state index in [2.05, 4.69) is 6.58 Å². The number of aliphatic hydroxyl groups excluding tert-OH is 1. The van der Waals surface area contributed by atoms with E-state index < -0.39 is 49.6 Å². The molecule has 0 fully saturated rings. The van der Waals surface area contributed by atoms with Crippen LogP contribution in [0.4, 0.5) is 0 Å². The fourth-order valence-electron chi connectivity index (χ4n) is 1.95. The van der Waals surface area contributed by atoms with Crippen molar-refractivity contribution >= 4 is 23.9 Å². The Labute approximate surface area is 150 Å². The van der Waals surface area contributed by atoms with Crippen molar-refractivity contribution in [3.05, 3.63) is 12.2 Å². The van der Waals surface area contributed by atoms with E-state index in [9.17, 15) is 24.3 Å². The Morgan fingerprint density at radius 1 is 0.923 bits per heavy atom. The minimum absolute atomic E-state index is 0.00163. The summed E-state index contributed by atoms with van der Waals surface area (Å²) in [5.74, 6) is -4.31. The minimum Gasteiger partial charge on any atom is -0.480 e. The molecule has 0 amide bonds. The summed E-state index contributed by atoms with van der Waals surface area (Å²) in [6.45, 7) is 2.75. The second-order valence-corrected chi connectivity index (χ2v) is 5.66. The lowest BCUT2D eigenvalue weighted by molar-refractivity contribution is -0.144. The van der Waals surface area contributed by atoms with Crippen LogP contribution in [0.3, 0.4) is 0 Å². The van der Waals surface area contributed by atoms with E-state index in [-0.39, 0.29) is 31.8 Å². The number of nitrogens with zero attached hydrogens (tertiary/aromatic N) is 2. The lowest BCUT2D eigenvalue weighted by Gasteiger charge is -2.26. The zero-order chi connectivity index (χ0) is 20.3. The molecule has 0 rings (SSSR count). The van der Waals surface area contributed by atoms with E-state index in [0.717, 1.165) is 4.90 Å². The Morgan fingerprint density at radius 2 is 1.35 bits per heavy atom. The van der Waals surface area contributed by atoms with Gasteiger partial charge >= 0.3 is 23.9 Å².